The van der Waals surface area contributed by atoms with Crippen LogP contribution in [0, 0.1) is 5.82 Å². The number of carboxylic acid groups (broad SMARTS) is 1. The Morgan fingerprint density at radius 2 is 2.00 bits per heavy atom. The molecular formula is C17H12F4N2O3. The van der Waals surface area contributed by atoms with Gasteiger partial charge in [-0.05, 0) is 29.8 Å². The first kappa shape index (κ1) is 17.7. The molecule has 1 aliphatic heterocycles. The lowest BCUT2D eigenvalue weighted by molar-refractivity contribution is -0.137. The van der Waals surface area contributed by atoms with Gasteiger partial charge in [-0.25, -0.2) is 9.18 Å². The summed E-state index contributed by atoms with van der Waals surface area (Å²) in [6.07, 6.45) is -6.88. The van der Waals surface area contributed by atoms with Crippen LogP contribution in [0.25, 0.3) is 0 Å². The number of ether oxygens (including phenoxy) is 1. The molecule has 2 aromatic carbocycles. The molecule has 1 unspecified atom stereocenters. The van der Waals surface area contributed by atoms with Crippen LogP contribution < -0.4 is 10.5 Å². The van der Waals surface area contributed by atoms with E-state index in [-0.39, 0.29) is 23.3 Å². The maximum absolute atomic E-state index is 14.7. The number of amidine groups is 1. The van der Waals surface area contributed by atoms with Crippen molar-refractivity contribution in [3.05, 3.63) is 64.5 Å². The Kier molecular flexibility index (Phi) is 4.31. The average molecular weight is 368 g/mol. The number of nitrogens with zero attached hydrogens (tertiary/aromatic N) is 1. The monoisotopic (exact) mass is 368 g/mol. The summed E-state index contributed by atoms with van der Waals surface area (Å²) in [5.41, 5.74) is 4.80. The summed E-state index contributed by atoms with van der Waals surface area (Å²) >= 11 is 0. The molecule has 3 rings (SSSR count). The van der Waals surface area contributed by atoms with E-state index in [1.54, 1.807) is 0 Å². The first-order valence-electron chi connectivity index (χ1n) is 7.39. The second kappa shape index (κ2) is 6.32. The van der Waals surface area contributed by atoms with Crippen molar-refractivity contribution >= 4 is 11.9 Å². The van der Waals surface area contributed by atoms with Crippen molar-refractivity contribution in [1.29, 1.82) is 0 Å². The molecule has 0 saturated carbocycles. The molecule has 0 fully saturated rings. The van der Waals surface area contributed by atoms with Gasteiger partial charge in [0.1, 0.15) is 23.5 Å². The topological polar surface area (TPSA) is 84.9 Å². The molecule has 1 amide bonds. The van der Waals surface area contributed by atoms with Crippen LogP contribution in [0.1, 0.15) is 28.4 Å². The number of fused-ring (bicyclic) bond motifs is 1. The first-order valence-corrected chi connectivity index (χ1v) is 7.39. The lowest BCUT2D eigenvalue weighted by Crippen LogP contribution is -2.19. The van der Waals surface area contributed by atoms with Crippen molar-refractivity contribution in [2.75, 3.05) is 0 Å². The summed E-state index contributed by atoms with van der Waals surface area (Å²) in [4.78, 5) is 13.7. The van der Waals surface area contributed by atoms with Crippen LogP contribution in [0.4, 0.5) is 22.4 Å². The fourth-order valence-corrected chi connectivity index (χ4v) is 2.76. The summed E-state index contributed by atoms with van der Waals surface area (Å²) in [6.45, 7) is 0. The van der Waals surface area contributed by atoms with Gasteiger partial charge in [-0.1, -0.05) is 12.1 Å². The molecule has 0 aromatic heterocycles. The molecule has 1 heterocycles. The van der Waals surface area contributed by atoms with Crippen LogP contribution in [0.3, 0.4) is 0 Å². The predicted octanol–water partition coefficient (Wildman–Crippen LogP) is 3.90. The third kappa shape index (κ3) is 3.32. The van der Waals surface area contributed by atoms with Gasteiger partial charge in [-0.15, -0.1) is 0 Å². The number of halogens is 4. The van der Waals surface area contributed by atoms with Crippen molar-refractivity contribution < 1.29 is 32.2 Å². The molecule has 3 N–H and O–H groups in total. The Bertz CT molecular complexity index is 909. The highest BCUT2D eigenvalue weighted by Gasteiger charge is 2.34. The molecular weight excluding hydrogens is 356 g/mol. The minimum Gasteiger partial charge on any atom is -0.485 e. The number of hydrogen-bond donors (Lipinski definition) is 2. The number of rotatable bonds is 2. The van der Waals surface area contributed by atoms with Crippen molar-refractivity contribution in [3.8, 4) is 5.75 Å². The highest BCUT2D eigenvalue weighted by atomic mass is 19.4. The van der Waals surface area contributed by atoms with Crippen molar-refractivity contribution in [2.45, 2.75) is 18.7 Å². The van der Waals surface area contributed by atoms with Gasteiger partial charge in [0.05, 0.1) is 11.1 Å². The van der Waals surface area contributed by atoms with Gasteiger partial charge in [0, 0.05) is 12.0 Å². The molecule has 136 valence electrons. The van der Waals surface area contributed by atoms with Crippen molar-refractivity contribution in [1.82, 2.24) is 0 Å². The normalized spacial score (nSPS) is 16.9. The van der Waals surface area contributed by atoms with Gasteiger partial charge >= 0.3 is 12.3 Å². The molecule has 0 aliphatic carbocycles. The highest BCUT2D eigenvalue weighted by Crippen LogP contribution is 2.41. The maximum atomic E-state index is 14.7. The van der Waals surface area contributed by atoms with E-state index >= 15 is 0 Å². The molecule has 9 heteroatoms. The van der Waals surface area contributed by atoms with Crippen molar-refractivity contribution in [3.63, 3.8) is 0 Å². The summed E-state index contributed by atoms with van der Waals surface area (Å²) in [5, 5.41) is 8.62. The zero-order valence-electron chi connectivity index (χ0n) is 13.0. The van der Waals surface area contributed by atoms with E-state index in [2.05, 4.69) is 4.99 Å². The van der Waals surface area contributed by atoms with Crippen LogP contribution in [-0.2, 0) is 12.6 Å². The second-order valence-corrected chi connectivity index (χ2v) is 5.62. The number of carbonyl (C=O) groups is 1. The van der Waals surface area contributed by atoms with E-state index in [9.17, 15) is 22.4 Å². The quantitative estimate of drug-likeness (QED) is 0.478. The fourth-order valence-electron chi connectivity index (χ4n) is 2.76. The number of amides is 1. The van der Waals surface area contributed by atoms with Gasteiger partial charge < -0.3 is 15.6 Å². The lowest BCUT2D eigenvalue weighted by Gasteiger charge is -2.14. The summed E-state index contributed by atoms with van der Waals surface area (Å²) in [7, 11) is 0. The molecule has 2 aromatic rings. The Morgan fingerprint density at radius 3 is 2.65 bits per heavy atom. The van der Waals surface area contributed by atoms with Gasteiger partial charge in [-0.3, -0.25) is 0 Å². The van der Waals surface area contributed by atoms with Crippen molar-refractivity contribution in [2.24, 2.45) is 10.7 Å². The molecule has 1 aliphatic rings. The molecule has 0 spiro atoms. The van der Waals surface area contributed by atoms with Gasteiger partial charge in [0.2, 0.25) is 0 Å². The van der Waals surface area contributed by atoms with E-state index < -0.39 is 35.6 Å². The second-order valence-electron chi connectivity index (χ2n) is 5.62. The number of nitrogens with two attached hydrogens (primary N) is 1. The maximum Gasteiger partial charge on any atom is 0.433 e. The minimum absolute atomic E-state index is 0.0373. The molecule has 26 heavy (non-hydrogen) atoms. The molecule has 1 atom stereocenters. The molecule has 0 saturated heterocycles. The lowest BCUT2D eigenvalue weighted by atomic mass is 9.99. The Hall–Kier alpha value is -3.10. The predicted molar refractivity (Wildman–Crippen MR) is 83.7 cm³/mol. The Labute approximate surface area is 144 Å². The highest BCUT2D eigenvalue weighted by molar-refractivity contribution is 6.02. The zero-order valence-corrected chi connectivity index (χ0v) is 13.0. The van der Waals surface area contributed by atoms with E-state index in [0.29, 0.717) is 5.56 Å². The van der Waals surface area contributed by atoms with Crippen LogP contribution >= 0.6 is 0 Å². The SMILES string of the molecule is N/C(=N\C(=O)O)c1cccc(C2Cc3cc(C(F)(F)F)ccc3O2)c1F. The van der Waals surface area contributed by atoms with E-state index in [4.69, 9.17) is 15.6 Å². The minimum atomic E-state index is -4.49. The average Bonchev–Trinajstić information content (AvgIpc) is 2.96. The van der Waals surface area contributed by atoms with Crippen LogP contribution in [0.5, 0.6) is 5.75 Å². The standard InChI is InChI=1S/C17H12F4N2O3/c18-14-10(2-1-3-11(14)15(22)23-16(24)25)13-7-8-6-9(17(19,20)21)4-5-12(8)26-13/h1-6,13H,7H2,(H2,22,23)(H,24,25). The largest absolute Gasteiger partial charge is 0.485 e. The molecule has 0 bridgehead atoms. The fraction of sp³-hybridized carbons (Fsp3) is 0.176. The summed E-state index contributed by atoms with van der Waals surface area (Å²) in [6, 6.07) is 7.15. The smallest absolute Gasteiger partial charge is 0.433 e. The van der Waals surface area contributed by atoms with Gasteiger partial charge in [0.25, 0.3) is 0 Å². The summed E-state index contributed by atoms with van der Waals surface area (Å²) in [5.74, 6) is -1.12. The van der Waals surface area contributed by atoms with E-state index in [1.165, 1.54) is 24.3 Å². The van der Waals surface area contributed by atoms with Crippen LogP contribution in [0.15, 0.2) is 41.4 Å². The number of alkyl halides is 3. The third-order valence-electron chi connectivity index (χ3n) is 3.93. The van der Waals surface area contributed by atoms with Crippen LogP contribution in [-0.4, -0.2) is 17.0 Å². The van der Waals surface area contributed by atoms with Crippen LogP contribution in [0.2, 0.25) is 0 Å². The first-order chi connectivity index (χ1) is 12.2. The molecule has 5 nitrogen and oxygen atoms in total. The van der Waals surface area contributed by atoms with Gasteiger partial charge in [-0.2, -0.15) is 18.2 Å². The third-order valence-corrected chi connectivity index (χ3v) is 3.93. The van der Waals surface area contributed by atoms with Gasteiger partial charge in [0.15, 0.2) is 0 Å². The summed E-state index contributed by atoms with van der Waals surface area (Å²) < 4.78 is 58.7. The van der Waals surface area contributed by atoms with E-state index in [0.717, 1.165) is 12.1 Å². The zero-order chi connectivity index (χ0) is 19.1. The molecule has 0 radical (unpaired) electrons. The number of hydrogen-bond acceptors (Lipinski definition) is 2. The van der Waals surface area contributed by atoms with E-state index in [1.807, 2.05) is 0 Å². The number of aliphatic imine (C=N–C) groups is 1. The Morgan fingerprint density at radius 1 is 1.27 bits per heavy atom. The Balaban J connectivity index is 1.93. The number of benzene rings is 2.